The molecule has 0 radical (unpaired) electrons. The Morgan fingerprint density at radius 3 is 1.84 bits per heavy atom. The van der Waals surface area contributed by atoms with Crippen molar-refractivity contribution in [2.75, 3.05) is 11.9 Å². The van der Waals surface area contributed by atoms with Gasteiger partial charge in [0.15, 0.2) is 0 Å². The van der Waals surface area contributed by atoms with Gasteiger partial charge in [-0.1, -0.05) is 60.1 Å². The van der Waals surface area contributed by atoms with Crippen molar-refractivity contribution in [3.05, 3.63) is 35.9 Å². The highest BCUT2D eigenvalue weighted by Crippen LogP contribution is 2.40. The Balaban J connectivity index is 0.000000711. The van der Waals surface area contributed by atoms with Gasteiger partial charge in [0, 0.05) is 10.7 Å². The normalized spacial score (nSPS) is 14.1. The van der Waals surface area contributed by atoms with E-state index < -0.39 is 18.3 Å². The monoisotopic (exact) mass is 334 g/mol. The largest absolute Gasteiger partial charge is 0.631 e. The van der Waals surface area contributed by atoms with Crippen molar-refractivity contribution >= 4 is 23.3 Å². The van der Waals surface area contributed by atoms with Gasteiger partial charge in [-0.2, -0.15) is 0 Å². The molecule has 1 unspecified atom stereocenters. The average molecular weight is 335 g/mol. The molecule has 5 nitrogen and oxygen atoms in total. The van der Waals surface area contributed by atoms with E-state index >= 15 is 0 Å². The number of aliphatic hydroxyl groups is 2. The lowest BCUT2D eigenvalue weighted by Crippen LogP contribution is -2.45. The Morgan fingerprint density at radius 1 is 1.11 bits per heavy atom. The molecule has 0 aliphatic rings. The quantitative estimate of drug-likeness (QED) is 0.401. The molecule has 0 spiro atoms. The number of aliphatic hydroxyl groups excluding tert-OH is 1. The molecule has 0 aromatic heterocycles. The third-order valence-electron chi connectivity index (χ3n) is 2.96. The third kappa shape index (κ3) is 5.22. The highest BCUT2D eigenvalue weighted by Gasteiger charge is 2.43. The van der Waals surface area contributed by atoms with Gasteiger partial charge in [0.05, 0.1) is 6.61 Å². The molecule has 0 amide bonds. The second kappa shape index (κ2) is 7.99. The van der Waals surface area contributed by atoms with E-state index in [4.69, 9.17) is 15.1 Å². The SMILES string of the molecule is CC(C)(CO)C(O)(CBr)c1ccccc1.OB(O)O. The molecule has 108 valence electrons. The van der Waals surface area contributed by atoms with Gasteiger partial charge >= 0.3 is 7.32 Å². The van der Waals surface area contributed by atoms with E-state index in [1.807, 2.05) is 44.2 Å². The Hall–Kier alpha value is -0.435. The van der Waals surface area contributed by atoms with E-state index in [0.29, 0.717) is 5.33 Å². The lowest BCUT2D eigenvalue weighted by molar-refractivity contribution is -0.0776. The summed E-state index contributed by atoms with van der Waals surface area (Å²) in [5.74, 6) is 0. The van der Waals surface area contributed by atoms with Gasteiger partial charge in [0.25, 0.3) is 0 Å². The minimum absolute atomic E-state index is 0.0655. The fraction of sp³-hybridized carbons (Fsp3) is 0.500. The first kappa shape index (κ1) is 18.6. The molecule has 0 aliphatic carbocycles. The van der Waals surface area contributed by atoms with Crippen molar-refractivity contribution in [2.24, 2.45) is 5.41 Å². The van der Waals surface area contributed by atoms with Crippen LogP contribution in [0.1, 0.15) is 19.4 Å². The molecule has 1 aromatic carbocycles. The van der Waals surface area contributed by atoms with Gasteiger partial charge < -0.3 is 25.3 Å². The van der Waals surface area contributed by atoms with Crippen LogP contribution in [0.3, 0.4) is 0 Å². The Labute approximate surface area is 121 Å². The van der Waals surface area contributed by atoms with Crippen molar-refractivity contribution in [3.8, 4) is 0 Å². The summed E-state index contributed by atoms with van der Waals surface area (Å²) in [6.45, 7) is 3.63. The first-order chi connectivity index (χ1) is 8.71. The highest BCUT2D eigenvalue weighted by molar-refractivity contribution is 9.09. The number of benzene rings is 1. The molecule has 1 aromatic rings. The summed E-state index contributed by atoms with van der Waals surface area (Å²) in [6, 6.07) is 9.42. The summed E-state index contributed by atoms with van der Waals surface area (Å²) in [7, 11) is -2.17. The maximum absolute atomic E-state index is 10.6. The first-order valence-electron chi connectivity index (χ1n) is 5.70. The smallest absolute Gasteiger partial charge is 0.402 e. The molecule has 1 atom stereocenters. The van der Waals surface area contributed by atoms with E-state index in [0.717, 1.165) is 5.56 Å². The number of alkyl halides is 1. The molecule has 0 bridgehead atoms. The first-order valence-corrected chi connectivity index (χ1v) is 6.82. The van der Waals surface area contributed by atoms with E-state index in [1.165, 1.54) is 0 Å². The molecule has 1 rings (SSSR count). The second-order valence-corrected chi connectivity index (χ2v) is 5.31. The summed E-state index contributed by atoms with van der Waals surface area (Å²) < 4.78 is 0. The predicted molar refractivity (Wildman–Crippen MR) is 77.4 cm³/mol. The summed E-state index contributed by atoms with van der Waals surface area (Å²) in [5, 5.41) is 41.9. The van der Waals surface area contributed by atoms with Gasteiger partial charge in [0.2, 0.25) is 0 Å². The molecule has 0 saturated carbocycles. The zero-order valence-electron chi connectivity index (χ0n) is 11.0. The number of halogens is 1. The van der Waals surface area contributed by atoms with E-state index in [1.54, 1.807) is 0 Å². The highest BCUT2D eigenvalue weighted by atomic mass is 79.9. The topological polar surface area (TPSA) is 101 Å². The zero-order chi connectivity index (χ0) is 15.1. The summed E-state index contributed by atoms with van der Waals surface area (Å²) in [6.07, 6.45) is 0. The van der Waals surface area contributed by atoms with Crippen molar-refractivity contribution in [1.82, 2.24) is 0 Å². The minimum Gasteiger partial charge on any atom is -0.402 e. The summed E-state index contributed by atoms with van der Waals surface area (Å²) in [4.78, 5) is 0. The van der Waals surface area contributed by atoms with Crippen LogP contribution in [0.4, 0.5) is 0 Å². The van der Waals surface area contributed by atoms with Crippen LogP contribution >= 0.6 is 15.9 Å². The second-order valence-electron chi connectivity index (χ2n) is 4.75. The zero-order valence-corrected chi connectivity index (χ0v) is 12.6. The van der Waals surface area contributed by atoms with Crippen LogP contribution in [0.2, 0.25) is 0 Å². The van der Waals surface area contributed by atoms with Crippen molar-refractivity contribution < 1.29 is 25.3 Å². The standard InChI is InChI=1S/C12H17BrO2.BH3O3/c1-11(2,9-14)12(15,8-13)10-6-4-3-5-7-10;2-1(3)4/h3-7,14-15H,8-9H2,1-2H3;2-4H. The number of hydrogen-bond donors (Lipinski definition) is 5. The molecule has 19 heavy (non-hydrogen) atoms. The third-order valence-corrected chi connectivity index (χ3v) is 3.77. The van der Waals surface area contributed by atoms with Crippen LogP contribution in [0.15, 0.2) is 30.3 Å². The Bertz CT molecular complexity index is 358. The molecule has 7 heteroatoms. The van der Waals surface area contributed by atoms with Gasteiger partial charge in [-0.3, -0.25) is 0 Å². The van der Waals surface area contributed by atoms with E-state index in [9.17, 15) is 10.2 Å². The van der Waals surface area contributed by atoms with Crippen LogP contribution in [-0.2, 0) is 5.60 Å². The van der Waals surface area contributed by atoms with Crippen molar-refractivity contribution in [2.45, 2.75) is 19.4 Å². The molecule has 0 fully saturated rings. The van der Waals surface area contributed by atoms with Gasteiger partial charge in [-0.25, -0.2) is 0 Å². The molecular weight excluding hydrogens is 315 g/mol. The molecule has 0 heterocycles. The van der Waals surface area contributed by atoms with Crippen LogP contribution in [0, 0.1) is 5.41 Å². The van der Waals surface area contributed by atoms with E-state index in [2.05, 4.69) is 15.9 Å². The van der Waals surface area contributed by atoms with Crippen LogP contribution in [0.5, 0.6) is 0 Å². The fourth-order valence-corrected chi connectivity index (χ4v) is 2.58. The van der Waals surface area contributed by atoms with Crippen LogP contribution in [0.25, 0.3) is 0 Å². The maximum Gasteiger partial charge on any atom is 0.631 e. The molecule has 5 N–H and O–H groups in total. The fourth-order valence-electron chi connectivity index (χ4n) is 1.49. The Kier molecular flexibility index (Phi) is 7.80. The van der Waals surface area contributed by atoms with Gasteiger partial charge in [-0.15, -0.1) is 0 Å². The number of rotatable bonds is 4. The Morgan fingerprint density at radius 2 is 1.53 bits per heavy atom. The maximum atomic E-state index is 10.6. The number of hydrogen-bond acceptors (Lipinski definition) is 5. The molecule has 0 saturated heterocycles. The van der Waals surface area contributed by atoms with Crippen molar-refractivity contribution in [1.29, 1.82) is 0 Å². The van der Waals surface area contributed by atoms with Crippen LogP contribution < -0.4 is 0 Å². The van der Waals surface area contributed by atoms with E-state index in [-0.39, 0.29) is 6.61 Å². The molecule has 0 aliphatic heterocycles. The summed E-state index contributed by atoms with van der Waals surface area (Å²) >= 11 is 3.32. The average Bonchev–Trinajstić information content (AvgIpc) is 2.38. The lowest BCUT2D eigenvalue weighted by atomic mass is 9.72. The molecular formula is C12H20BBrO5. The van der Waals surface area contributed by atoms with Gasteiger partial charge in [-0.05, 0) is 5.56 Å². The van der Waals surface area contributed by atoms with Crippen molar-refractivity contribution in [3.63, 3.8) is 0 Å². The van der Waals surface area contributed by atoms with Gasteiger partial charge in [0.1, 0.15) is 5.60 Å². The summed E-state index contributed by atoms with van der Waals surface area (Å²) in [5.41, 5.74) is -0.818. The van der Waals surface area contributed by atoms with Crippen LogP contribution in [-0.4, -0.2) is 44.5 Å². The lowest BCUT2D eigenvalue weighted by Gasteiger charge is -2.40. The predicted octanol–water partition coefficient (Wildman–Crippen LogP) is 0.236. The minimum atomic E-state index is -2.17.